The summed E-state index contributed by atoms with van der Waals surface area (Å²) in [5.41, 5.74) is 3.43. The van der Waals surface area contributed by atoms with Gasteiger partial charge in [-0.05, 0) is 12.1 Å². The van der Waals surface area contributed by atoms with Crippen LogP contribution >= 0.6 is 0 Å². The van der Waals surface area contributed by atoms with Crippen LogP contribution in [0.3, 0.4) is 0 Å². The minimum Gasteiger partial charge on any atom is -0.337 e. The zero-order valence-electron chi connectivity index (χ0n) is 12.4. The molecule has 1 aromatic carbocycles. The van der Waals surface area contributed by atoms with Gasteiger partial charge < -0.3 is 9.09 Å². The predicted octanol–water partition coefficient (Wildman–Crippen LogP) is 2.03. The molecule has 0 fully saturated rings. The molecule has 2 aromatic heterocycles. The van der Waals surface area contributed by atoms with Crippen LogP contribution in [0, 0.1) is 0 Å². The van der Waals surface area contributed by atoms with Crippen molar-refractivity contribution in [2.75, 3.05) is 6.54 Å². The number of fused-ring (bicyclic) bond motifs is 1. The molecule has 0 spiro atoms. The first kappa shape index (κ1) is 13.2. The van der Waals surface area contributed by atoms with Crippen molar-refractivity contribution in [2.24, 2.45) is 7.05 Å². The molecule has 0 N–H and O–H groups in total. The SMILES string of the molecule is Cn1cnc2c1CCN(Cc1noc(-c3ccccc3)n1)C2. The number of rotatable bonds is 3. The minimum atomic E-state index is 0.575. The Morgan fingerprint density at radius 2 is 2.09 bits per heavy atom. The quantitative estimate of drug-likeness (QED) is 0.740. The molecule has 22 heavy (non-hydrogen) atoms. The summed E-state index contributed by atoms with van der Waals surface area (Å²) >= 11 is 0. The summed E-state index contributed by atoms with van der Waals surface area (Å²) in [5, 5.41) is 4.09. The lowest BCUT2D eigenvalue weighted by molar-refractivity contribution is 0.230. The van der Waals surface area contributed by atoms with E-state index in [1.54, 1.807) is 0 Å². The van der Waals surface area contributed by atoms with Gasteiger partial charge in [-0.25, -0.2) is 4.98 Å². The summed E-state index contributed by atoms with van der Waals surface area (Å²) in [4.78, 5) is 11.2. The Morgan fingerprint density at radius 3 is 2.95 bits per heavy atom. The van der Waals surface area contributed by atoms with Crippen LogP contribution in [0.25, 0.3) is 11.5 Å². The highest BCUT2D eigenvalue weighted by atomic mass is 16.5. The summed E-state index contributed by atoms with van der Waals surface area (Å²) in [7, 11) is 2.05. The Labute approximate surface area is 128 Å². The number of nitrogens with zero attached hydrogens (tertiary/aromatic N) is 5. The van der Waals surface area contributed by atoms with Crippen LogP contribution in [0.1, 0.15) is 17.2 Å². The summed E-state index contributed by atoms with van der Waals surface area (Å²) in [5.74, 6) is 1.30. The fourth-order valence-electron chi connectivity index (χ4n) is 2.86. The van der Waals surface area contributed by atoms with E-state index in [4.69, 9.17) is 4.52 Å². The first-order valence-electron chi connectivity index (χ1n) is 7.39. The third-order valence-corrected chi connectivity index (χ3v) is 4.04. The summed E-state index contributed by atoms with van der Waals surface area (Å²) in [6, 6.07) is 9.84. The third-order valence-electron chi connectivity index (χ3n) is 4.04. The van der Waals surface area contributed by atoms with Crippen molar-refractivity contribution in [3.05, 3.63) is 53.9 Å². The molecule has 6 nitrogen and oxygen atoms in total. The Balaban J connectivity index is 1.48. The molecule has 1 aliphatic rings. The molecular weight excluding hydrogens is 278 g/mol. The van der Waals surface area contributed by atoms with Crippen LogP contribution in [0.2, 0.25) is 0 Å². The van der Waals surface area contributed by atoms with E-state index in [0.29, 0.717) is 12.4 Å². The molecule has 0 bridgehead atoms. The fraction of sp³-hybridized carbons (Fsp3) is 0.312. The lowest BCUT2D eigenvalue weighted by Crippen LogP contribution is -2.31. The van der Waals surface area contributed by atoms with Crippen LogP contribution in [-0.4, -0.2) is 31.1 Å². The maximum Gasteiger partial charge on any atom is 0.257 e. The summed E-state index contributed by atoms with van der Waals surface area (Å²) in [6.45, 7) is 2.51. The zero-order chi connectivity index (χ0) is 14.9. The fourth-order valence-corrected chi connectivity index (χ4v) is 2.86. The zero-order valence-corrected chi connectivity index (χ0v) is 12.4. The highest BCUT2D eigenvalue weighted by molar-refractivity contribution is 5.51. The van der Waals surface area contributed by atoms with Crippen molar-refractivity contribution in [1.82, 2.24) is 24.6 Å². The van der Waals surface area contributed by atoms with Gasteiger partial charge in [-0.2, -0.15) is 4.98 Å². The number of benzene rings is 1. The molecule has 0 saturated carbocycles. The van der Waals surface area contributed by atoms with Crippen LogP contribution in [-0.2, 0) is 26.6 Å². The summed E-state index contributed by atoms with van der Waals surface area (Å²) < 4.78 is 7.46. The van der Waals surface area contributed by atoms with E-state index >= 15 is 0 Å². The molecule has 0 aliphatic carbocycles. The average Bonchev–Trinajstić information content (AvgIpc) is 3.16. The number of hydrogen-bond donors (Lipinski definition) is 0. The van der Waals surface area contributed by atoms with Gasteiger partial charge in [0.25, 0.3) is 5.89 Å². The van der Waals surface area contributed by atoms with Gasteiger partial charge in [0.1, 0.15) is 0 Å². The highest BCUT2D eigenvalue weighted by Gasteiger charge is 2.21. The van der Waals surface area contributed by atoms with Crippen molar-refractivity contribution in [1.29, 1.82) is 0 Å². The van der Waals surface area contributed by atoms with E-state index in [1.807, 2.05) is 43.7 Å². The van der Waals surface area contributed by atoms with E-state index in [2.05, 4.69) is 24.6 Å². The maximum atomic E-state index is 5.36. The van der Waals surface area contributed by atoms with E-state index < -0.39 is 0 Å². The number of hydrogen-bond acceptors (Lipinski definition) is 5. The van der Waals surface area contributed by atoms with Crippen molar-refractivity contribution >= 4 is 0 Å². The molecule has 0 unspecified atom stereocenters. The minimum absolute atomic E-state index is 0.575. The molecular formula is C16H17N5O. The Bertz CT molecular complexity index is 777. The molecule has 0 amide bonds. The predicted molar refractivity (Wildman–Crippen MR) is 80.8 cm³/mol. The second kappa shape index (κ2) is 5.38. The third kappa shape index (κ3) is 2.42. The largest absolute Gasteiger partial charge is 0.337 e. The topological polar surface area (TPSA) is 60.0 Å². The van der Waals surface area contributed by atoms with Gasteiger partial charge in [0.15, 0.2) is 5.82 Å². The van der Waals surface area contributed by atoms with E-state index in [9.17, 15) is 0 Å². The number of aryl methyl sites for hydroxylation is 1. The van der Waals surface area contributed by atoms with Crippen molar-refractivity contribution in [3.63, 3.8) is 0 Å². The lowest BCUT2D eigenvalue weighted by Gasteiger charge is -2.25. The maximum absolute atomic E-state index is 5.36. The summed E-state index contributed by atoms with van der Waals surface area (Å²) in [6.07, 6.45) is 2.89. The second-order valence-electron chi connectivity index (χ2n) is 5.59. The molecule has 3 heterocycles. The molecule has 1 aliphatic heterocycles. The molecule has 0 saturated heterocycles. The first-order chi connectivity index (χ1) is 10.8. The van der Waals surface area contributed by atoms with Crippen LogP contribution in [0.15, 0.2) is 41.2 Å². The number of imidazole rings is 1. The van der Waals surface area contributed by atoms with Crippen LogP contribution in [0.4, 0.5) is 0 Å². The Kier molecular flexibility index (Phi) is 3.23. The molecule has 0 atom stereocenters. The van der Waals surface area contributed by atoms with Gasteiger partial charge in [0, 0.05) is 37.8 Å². The van der Waals surface area contributed by atoms with Gasteiger partial charge in [-0.1, -0.05) is 23.4 Å². The monoisotopic (exact) mass is 295 g/mol. The highest BCUT2D eigenvalue weighted by Crippen LogP contribution is 2.20. The lowest BCUT2D eigenvalue weighted by atomic mass is 10.1. The van der Waals surface area contributed by atoms with Gasteiger partial charge in [0.2, 0.25) is 0 Å². The van der Waals surface area contributed by atoms with Crippen molar-refractivity contribution in [2.45, 2.75) is 19.5 Å². The molecule has 6 heteroatoms. The van der Waals surface area contributed by atoms with E-state index in [1.165, 1.54) is 5.69 Å². The first-order valence-corrected chi connectivity index (χ1v) is 7.39. The molecule has 4 rings (SSSR count). The van der Waals surface area contributed by atoms with Crippen molar-refractivity contribution < 1.29 is 4.52 Å². The Morgan fingerprint density at radius 1 is 1.23 bits per heavy atom. The standard InChI is InChI=1S/C16H17N5O/c1-20-11-17-13-9-21(8-7-14(13)20)10-15-18-16(22-19-15)12-5-3-2-4-6-12/h2-6,11H,7-10H2,1H3. The van der Waals surface area contributed by atoms with Gasteiger partial charge >= 0.3 is 0 Å². The molecule has 112 valence electrons. The van der Waals surface area contributed by atoms with Crippen molar-refractivity contribution in [3.8, 4) is 11.5 Å². The van der Waals surface area contributed by atoms with Crippen LogP contribution in [0.5, 0.6) is 0 Å². The second-order valence-corrected chi connectivity index (χ2v) is 5.59. The van der Waals surface area contributed by atoms with Crippen LogP contribution < -0.4 is 0 Å². The smallest absolute Gasteiger partial charge is 0.257 e. The normalized spacial score (nSPS) is 15.0. The molecule has 0 radical (unpaired) electrons. The van der Waals surface area contributed by atoms with Gasteiger partial charge in [0.05, 0.1) is 18.6 Å². The van der Waals surface area contributed by atoms with Gasteiger partial charge in [-0.3, -0.25) is 4.90 Å². The molecule has 3 aromatic rings. The number of aromatic nitrogens is 4. The van der Waals surface area contributed by atoms with E-state index in [-0.39, 0.29) is 0 Å². The van der Waals surface area contributed by atoms with E-state index in [0.717, 1.165) is 36.6 Å². The Hall–Kier alpha value is -2.47. The average molecular weight is 295 g/mol. The van der Waals surface area contributed by atoms with Gasteiger partial charge in [-0.15, -0.1) is 0 Å².